The minimum Gasteiger partial charge on any atom is -0.396 e. The van der Waals surface area contributed by atoms with Gasteiger partial charge in [0.15, 0.2) is 0 Å². The third-order valence-corrected chi connectivity index (χ3v) is 4.71. The molecular weight excluding hydrogens is 274 g/mol. The molecule has 1 atom stereocenters. The molecule has 1 aliphatic rings. The molecule has 1 amide bonds. The predicted octanol–water partition coefficient (Wildman–Crippen LogP) is 3.41. The van der Waals surface area contributed by atoms with Gasteiger partial charge in [-0.25, -0.2) is 0 Å². The van der Waals surface area contributed by atoms with Crippen molar-refractivity contribution < 1.29 is 9.90 Å². The lowest BCUT2D eigenvalue weighted by molar-refractivity contribution is -0.121. The smallest absolute Gasteiger partial charge is 0.220 e. The summed E-state index contributed by atoms with van der Waals surface area (Å²) in [6.07, 6.45) is 5.88. The molecule has 0 aromatic heterocycles. The van der Waals surface area contributed by atoms with Gasteiger partial charge >= 0.3 is 0 Å². The van der Waals surface area contributed by atoms with E-state index in [1.165, 1.54) is 17.5 Å². The van der Waals surface area contributed by atoms with E-state index < -0.39 is 0 Å². The van der Waals surface area contributed by atoms with Crippen LogP contribution in [0.25, 0.3) is 0 Å². The molecule has 0 saturated heterocycles. The number of carbonyl (C=O) groups excluding carboxylic acids is 1. The molecule has 1 aliphatic carbocycles. The summed E-state index contributed by atoms with van der Waals surface area (Å²) in [7, 11) is 0. The zero-order chi connectivity index (χ0) is 16.0. The van der Waals surface area contributed by atoms with Crippen molar-refractivity contribution in [2.75, 3.05) is 13.2 Å². The minimum atomic E-state index is -0.0486. The van der Waals surface area contributed by atoms with Gasteiger partial charge in [0.05, 0.1) is 0 Å². The molecule has 1 aromatic rings. The first-order valence-corrected chi connectivity index (χ1v) is 8.47. The van der Waals surface area contributed by atoms with Crippen molar-refractivity contribution in [2.45, 2.75) is 58.3 Å². The van der Waals surface area contributed by atoms with E-state index in [1.807, 2.05) is 13.8 Å². The summed E-state index contributed by atoms with van der Waals surface area (Å²) in [6, 6.07) is 8.53. The zero-order valence-corrected chi connectivity index (χ0v) is 13.9. The highest BCUT2D eigenvalue weighted by Crippen LogP contribution is 2.33. The molecule has 2 N–H and O–H groups in total. The van der Waals surface area contributed by atoms with E-state index in [0.29, 0.717) is 18.9 Å². The average Bonchev–Trinajstić information content (AvgIpc) is 2.52. The number of hydrogen-bond acceptors (Lipinski definition) is 2. The zero-order valence-electron chi connectivity index (χ0n) is 13.9. The maximum atomic E-state index is 12.2. The standard InChI is InChI=1S/C19H29NO2/c1-19(2,14-21)11-6-12-20-18(22)13-16-9-5-8-15-7-3-4-10-17(15)16/h3-4,7,10,16,21H,5-6,8-9,11-14H2,1-2H3,(H,20,22). The number of rotatable bonds is 7. The number of nitrogens with one attached hydrogen (secondary N) is 1. The monoisotopic (exact) mass is 303 g/mol. The highest BCUT2D eigenvalue weighted by atomic mass is 16.3. The fourth-order valence-electron chi connectivity index (χ4n) is 3.24. The summed E-state index contributed by atoms with van der Waals surface area (Å²) >= 11 is 0. The first-order chi connectivity index (χ1) is 10.5. The van der Waals surface area contributed by atoms with Crippen LogP contribution in [0, 0.1) is 5.41 Å². The summed E-state index contributed by atoms with van der Waals surface area (Å²) in [5.74, 6) is 0.530. The number of hydrogen-bond donors (Lipinski definition) is 2. The molecule has 3 nitrogen and oxygen atoms in total. The highest BCUT2D eigenvalue weighted by Gasteiger charge is 2.22. The maximum absolute atomic E-state index is 12.2. The summed E-state index contributed by atoms with van der Waals surface area (Å²) in [6.45, 7) is 5.00. The number of aliphatic hydroxyl groups excluding tert-OH is 1. The first-order valence-electron chi connectivity index (χ1n) is 8.47. The second-order valence-electron chi connectivity index (χ2n) is 7.27. The molecule has 0 saturated carbocycles. The van der Waals surface area contributed by atoms with E-state index >= 15 is 0 Å². The van der Waals surface area contributed by atoms with Gasteiger partial charge in [0.25, 0.3) is 0 Å². The van der Waals surface area contributed by atoms with Crippen molar-refractivity contribution in [3.05, 3.63) is 35.4 Å². The van der Waals surface area contributed by atoms with Crippen LogP contribution in [0.1, 0.15) is 63.0 Å². The van der Waals surface area contributed by atoms with E-state index in [2.05, 4.69) is 29.6 Å². The molecule has 22 heavy (non-hydrogen) atoms. The van der Waals surface area contributed by atoms with Gasteiger partial charge in [-0.3, -0.25) is 4.79 Å². The Balaban J connectivity index is 1.76. The second kappa shape index (κ2) is 7.77. The molecular formula is C19H29NO2. The van der Waals surface area contributed by atoms with Gasteiger partial charge in [0.1, 0.15) is 0 Å². The van der Waals surface area contributed by atoms with Gasteiger partial charge in [0, 0.05) is 19.6 Å². The Morgan fingerprint density at radius 2 is 2.14 bits per heavy atom. The summed E-state index contributed by atoms with van der Waals surface area (Å²) in [4.78, 5) is 12.2. The van der Waals surface area contributed by atoms with Crippen molar-refractivity contribution in [3.63, 3.8) is 0 Å². The van der Waals surface area contributed by atoms with Crippen molar-refractivity contribution in [1.82, 2.24) is 5.32 Å². The van der Waals surface area contributed by atoms with Crippen molar-refractivity contribution in [2.24, 2.45) is 5.41 Å². The number of carbonyl (C=O) groups is 1. The van der Waals surface area contributed by atoms with E-state index in [1.54, 1.807) is 0 Å². The maximum Gasteiger partial charge on any atom is 0.220 e. The van der Waals surface area contributed by atoms with Gasteiger partial charge in [-0.2, -0.15) is 0 Å². The minimum absolute atomic E-state index is 0.0486. The number of aryl methyl sites for hydroxylation is 1. The van der Waals surface area contributed by atoms with Crippen LogP contribution in [-0.2, 0) is 11.2 Å². The number of aliphatic hydroxyl groups is 1. The largest absolute Gasteiger partial charge is 0.396 e. The SMILES string of the molecule is CC(C)(CO)CCCNC(=O)CC1CCCc2ccccc21. The number of amides is 1. The molecule has 0 fully saturated rings. The first kappa shape index (κ1) is 17.0. The van der Waals surface area contributed by atoms with E-state index in [9.17, 15) is 9.90 Å². The molecule has 122 valence electrons. The van der Waals surface area contributed by atoms with Crippen LogP contribution in [0.15, 0.2) is 24.3 Å². The Labute approximate surface area is 134 Å². The van der Waals surface area contributed by atoms with Gasteiger partial charge in [-0.05, 0) is 54.6 Å². The van der Waals surface area contributed by atoms with Crippen LogP contribution in [0.2, 0.25) is 0 Å². The van der Waals surface area contributed by atoms with Crippen LogP contribution in [0.5, 0.6) is 0 Å². The van der Waals surface area contributed by atoms with Crippen molar-refractivity contribution >= 4 is 5.91 Å². The Morgan fingerprint density at radius 1 is 1.36 bits per heavy atom. The van der Waals surface area contributed by atoms with E-state index in [-0.39, 0.29) is 17.9 Å². The van der Waals surface area contributed by atoms with Crippen LogP contribution < -0.4 is 5.32 Å². The molecule has 0 aliphatic heterocycles. The van der Waals surface area contributed by atoms with E-state index in [4.69, 9.17) is 0 Å². The Hall–Kier alpha value is -1.35. The average molecular weight is 303 g/mol. The van der Waals surface area contributed by atoms with Crippen LogP contribution in [0.4, 0.5) is 0 Å². The van der Waals surface area contributed by atoms with Crippen molar-refractivity contribution in [3.8, 4) is 0 Å². The fraction of sp³-hybridized carbons (Fsp3) is 0.632. The second-order valence-corrected chi connectivity index (χ2v) is 7.27. The Morgan fingerprint density at radius 3 is 2.91 bits per heavy atom. The summed E-state index contributed by atoms with van der Waals surface area (Å²) in [5, 5.41) is 12.3. The van der Waals surface area contributed by atoms with Gasteiger partial charge in [-0.15, -0.1) is 0 Å². The third kappa shape index (κ3) is 4.84. The van der Waals surface area contributed by atoms with Crippen LogP contribution in [0.3, 0.4) is 0 Å². The Bertz CT molecular complexity index is 496. The van der Waals surface area contributed by atoms with Gasteiger partial charge in [0.2, 0.25) is 5.91 Å². The van der Waals surface area contributed by atoms with Crippen molar-refractivity contribution in [1.29, 1.82) is 0 Å². The highest BCUT2D eigenvalue weighted by molar-refractivity contribution is 5.77. The normalized spacial score (nSPS) is 17.9. The number of fused-ring (bicyclic) bond motifs is 1. The third-order valence-electron chi connectivity index (χ3n) is 4.71. The van der Waals surface area contributed by atoms with E-state index in [0.717, 1.165) is 25.7 Å². The molecule has 2 rings (SSSR count). The fourth-order valence-corrected chi connectivity index (χ4v) is 3.24. The molecule has 1 unspecified atom stereocenters. The molecule has 0 bridgehead atoms. The number of benzene rings is 1. The molecule has 0 spiro atoms. The lowest BCUT2D eigenvalue weighted by Gasteiger charge is -2.25. The van der Waals surface area contributed by atoms with Gasteiger partial charge < -0.3 is 10.4 Å². The van der Waals surface area contributed by atoms with Gasteiger partial charge in [-0.1, -0.05) is 38.1 Å². The topological polar surface area (TPSA) is 49.3 Å². The summed E-state index contributed by atoms with van der Waals surface area (Å²) < 4.78 is 0. The summed E-state index contributed by atoms with van der Waals surface area (Å²) in [5.41, 5.74) is 2.73. The lowest BCUT2D eigenvalue weighted by atomic mass is 9.81. The predicted molar refractivity (Wildman–Crippen MR) is 89.8 cm³/mol. The Kier molecular flexibility index (Phi) is 6.01. The van der Waals surface area contributed by atoms with Crippen LogP contribution >= 0.6 is 0 Å². The molecule has 1 aromatic carbocycles. The quantitative estimate of drug-likeness (QED) is 0.758. The molecule has 0 radical (unpaired) electrons. The lowest BCUT2D eigenvalue weighted by Crippen LogP contribution is -2.28. The van der Waals surface area contributed by atoms with Crippen LogP contribution in [-0.4, -0.2) is 24.2 Å². The molecule has 0 heterocycles. The molecule has 3 heteroatoms.